The largest absolute Gasteiger partial charge is 0.335 e. The van der Waals surface area contributed by atoms with Crippen LogP contribution in [0.5, 0.6) is 0 Å². The van der Waals surface area contributed by atoms with E-state index in [9.17, 15) is 17.6 Å². The van der Waals surface area contributed by atoms with Gasteiger partial charge in [-0.15, -0.1) is 0 Å². The van der Waals surface area contributed by atoms with Crippen molar-refractivity contribution in [2.45, 2.75) is 5.03 Å². The van der Waals surface area contributed by atoms with Crippen molar-refractivity contribution < 1.29 is 17.6 Å². The summed E-state index contributed by atoms with van der Waals surface area (Å²) in [5.74, 6) is -0.832. The summed E-state index contributed by atoms with van der Waals surface area (Å²) < 4.78 is 39.6. The molecule has 1 fully saturated rings. The minimum absolute atomic E-state index is 0.0539. The Balaban J connectivity index is 1.53. The number of piperazine rings is 1. The standard InChI is InChI=1S/C15H18FN5O3S/c16-12-3-1-2-4-13(12)19-14(22)10-20-5-7-21(8-6-20)25(23,24)15-9-17-11-18-15/h1-4,9,11H,5-8,10H2,(H,17,18)(H,19,22). The van der Waals surface area contributed by atoms with Crippen molar-refractivity contribution in [3.8, 4) is 0 Å². The average Bonchev–Trinajstić information content (AvgIpc) is 3.13. The van der Waals surface area contributed by atoms with Crippen molar-refractivity contribution in [3.63, 3.8) is 0 Å². The van der Waals surface area contributed by atoms with E-state index in [0.717, 1.165) is 0 Å². The molecule has 1 amide bonds. The number of amides is 1. The van der Waals surface area contributed by atoms with Gasteiger partial charge < -0.3 is 10.3 Å². The minimum atomic E-state index is -3.59. The van der Waals surface area contributed by atoms with E-state index in [0.29, 0.717) is 13.1 Å². The lowest BCUT2D eigenvalue weighted by Crippen LogP contribution is -2.50. The summed E-state index contributed by atoms with van der Waals surface area (Å²) in [7, 11) is -3.59. The number of para-hydroxylation sites is 1. The van der Waals surface area contributed by atoms with Gasteiger partial charge in [0.15, 0.2) is 5.03 Å². The molecule has 134 valence electrons. The third kappa shape index (κ3) is 4.03. The van der Waals surface area contributed by atoms with E-state index >= 15 is 0 Å². The van der Waals surface area contributed by atoms with Crippen molar-refractivity contribution in [2.75, 3.05) is 38.0 Å². The Labute approximate surface area is 144 Å². The van der Waals surface area contributed by atoms with Crippen LogP contribution in [-0.4, -0.2) is 66.2 Å². The Morgan fingerprint density at radius 2 is 1.96 bits per heavy atom. The SMILES string of the molecule is O=C(CN1CCN(S(=O)(=O)c2cnc[nH]2)CC1)Nc1ccccc1F. The zero-order valence-electron chi connectivity index (χ0n) is 13.4. The minimum Gasteiger partial charge on any atom is -0.335 e. The molecule has 0 aliphatic carbocycles. The number of benzene rings is 1. The molecule has 25 heavy (non-hydrogen) atoms. The molecule has 0 bridgehead atoms. The number of sulfonamides is 1. The molecule has 10 heteroatoms. The van der Waals surface area contributed by atoms with Gasteiger partial charge >= 0.3 is 0 Å². The number of hydrogen-bond donors (Lipinski definition) is 2. The van der Waals surface area contributed by atoms with Crippen molar-refractivity contribution in [1.82, 2.24) is 19.2 Å². The molecule has 2 N–H and O–H groups in total. The number of nitrogens with one attached hydrogen (secondary N) is 2. The van der Waals surface area contributed by atoms with Crippen molar-refractivity contribution in [2.24, 2.45) is 0 Å². The van der Waals surface area contributed by atoms with Crippen LogP contribution in [0.25, 0.3) is 0 Å². The van der Waals surface area contributed by atoms with Gasteiger partial charge in [0.05, 0.1) is 24.8 Å². The third-order valence-corrected chi connectivity index (χ3v) is 5.76. The summed E-state index contributed by atoms with van der Waals surface area (Å²) in [6.07, 6.45) is 2.58. The Bertz CT molecular complexity index is 833. The van der Waals surface area contributed by atoms with Crippen molar-refractivity contribution >= 4 is 21.6 Å². The van der Waals surface area contributed by atoms with Gasteiger partial charge in [0.25, 0.3) is 10.0 Å². The maximum absolute atomic E-state index is 13.5. The number of carbonyl (C=O) groups excluding carboxylic acids is 1. The number of hydrogen-bond acceptors (Lipinski definition) is 5. The first-order valence-electron chi connectivity index (χ1n) is 7.72. The second kappa shape index (κ2) is 7.30. The number of carbonyl (C=O) groups is 1. The van der Waals surface area contributed by atoms with Crippen molar-refractivity contribution in [3.05, 3.63) is 42.6 Å². The van der Waals surface area contributed by atoms with Gasteiger partial charge in [-0.1, -0.05) is 12.1 Å². The predicted octanol–water partition coefficient (Wildman–Crippen LogP) is 0.494. The van der Waals surface area contributed by atoms with Crippen LogP contribution >= 0.6 is 0 Å². The normalized spacial score (nSPS) is 16.7. The summed E-state index contributed by atoms with van der Waals surface area (Å²) in [5, 5.41) is 2.57. The molecule has 0 unspecified atom stereocenters. The van der Waals surface area contributed by atoms with Crippen LogP contribution in [0, 0.1) is 5.82 Å². The Kier molecular flexibility index (Phi) is 5.11. The van der Waals surface area contributed by atoms with Gasteiger partial charge in [0, 0.05) is 26.2 Å². The first kappa shape index (κ1) is 17.5. The third-order valence-electron chi connectivity index (χ3n) is 3.94. The van der Waals surface area contributed by atoms with Crippen LogP contribution < -0.4 is 5.32 Å². The van der Waals surface area contributed by atoms with Crippen LogP contribution in [0.2, 0.25) is 0 Å². The lowest BCUT2D eigenvalue weighted by Gasteiger charge is -2.33. The quantitative estimate of drug-likeness (QED) is 0.802. The molecule has 1 aliphatic heterocycles. The lowest BCUT2D eigenvalue weighted by atomic mass is 10.3. The topological polar surface area (TPSA) is 98.4 Å². The van der Waals surface area contributed by atoms with E-state index in [4.69, 9.17) is 0 Å². The zero-order chi connectivity index (χ0) is 17.9. The number of halogens is 1. The second-order valence-corrected chi connectivity index (χ2v) is 7.53. The molecule has 1 aromatic carbocycles. The highest BCUT2D eigenvalue weighted by atomic mass is 32.2. The molecule has 0 spiro atoms. The highest BCUT2D eigenvalue weighted by Crippen LogP contribution is 2.15. The first-order chi connectivity index (χ1) is 12.0. The van der Waals surface area contributed by atoms with Crippen LogP contribution in [-0.2, 0) is 14.8 Å². The second-order valence-electron chi connectivity index (χ2n) is 5.62. The molecular formula is C15H18FN5O3S. The molecule has 2 aromatic rings. The highest BCUT2D eigenvalue weighted by Gasteiger charge is 2.29. The molecule has 0 radical (unpaired) electrons. The molecule has 3 rings (SSSR count). The molecule has 2 heterocycles. The maximum Gasteiger partial charge on any atom is 0.260 e. The van der Waals surface area contributed by atoms with Gasteiger partial charge in [0.1, 0.15) is 5.82 Å². The molecule has 1 aliphatic rings. The van der Waals surface area contributed by atoms with Gasteiger partial charge in [-0.3, -0.25) is 9.69 Å². The summed E-state index contributed by atoms with van der Waals surface area (Å²) in [6.45, 7) is 1.45. The fourth-order valence-corrected chi connectivity index (χ4v) is 3.92. The number of H-pyrrole nitrogens is 1. The van der Waals surface area contributed by atoms with E-state index < -0.39 is 15.8 Å². The summed E-state index contributed by atoms with van der Waals surface area (Å²) in [6, 6.07) is 5.94. The van der Waals surface area contributed by atoms with E-state index in [1.54, 1.807) is 12.1 Å². The average molecular weight is 367 g/mol. The molecule has 8 nitrogen and oxygen atoms in total. The number of aromatic nitrogens is 2. The molecule has 1 saturated heterocycles. The molecule has 0 saturated carbocycles. The van der Waals surface area contributed by atoms with Crippen molar-refractivity contribution in [1.29, 1.82) is 0 Å². The van der Waals surface area contributed by atoms with Crippen LogP contribution in [0.3, 0.4) is 0 Å². The number of rotatable bonds is 5. The van der Waals surface area contributed by atoms with E-state index in [-0.39, 0.29) is 36.3 Å². The Morgan fingerprint density at radius 3 is 2.60 bits per heavy atom. The smallest absolute Gasteiger partial charge is 0.260 e. The highest BCUT2D eigenvalue weighted by molar-refractivity contribution is 7.89. The van der Waals surface area contributed by atoms with Gasteiger partial charge in [-0.05, 0) is 12.1 Å². The van der Waals surface area contributed by atoms with E-state index in [2.05, 4.69) is 15.3 Å². The van der Waals surface area contributed by atoms with Crippen LogP contribution in [0.1, 0.15) is 0 Å². The van der Waals surface area contributed by atoms with E-state index in [1.807, 2.05) is 4.90 Å². The summed E-state index contributed by atoms with van der Waals surface area (Å²) in [4.78, 5) is 20.2. The lowest BCUT2D eigenvalue weighted by molar-refractivity contribution is -0.117. The predicted molar refractivity (Wildman–Crippen MR) is 88.8 cm³/mol. The zero-order valence-corrected chi connectivity index (χ0v) is 14.2. The summed E-state index contributed by atoms with van der Waals surface area (Å²) in [5.41, 5.74) is 0.132. The first-order valence-corrected chi connectivity index (χ1v) is 9.16. The maximum atomic E-state index is 13.5. The number of aromatic amines is 1. The Morgan fingerprint density at radius 1 is 1.24 bits per heavy atom. The molecular weight excluding hydrogens is 349 g/mol. The Hall–Kier alpha value is -2.30. The molecule has 1 aromatic heterocycles. The van der Waals surface area contributed by atoms with Gasteiger partial charge in [0.2, 0.25) is 5.91 Å². The fourth-order valence-electron chi connectivity index (χ4n) is 2.61. The summed E-state index contributed by atoms with van der Waals surface area (Å²) >= 11 is 0. The van der Waals surface area contributed by atoms with Gasteiger partial charge in [-0.25, -0.2) is 17.8 Å². The van der Waals surface area contributed by atoms with E-state index in [1.165, 1.54) is 29.0 Å². The van der Waals surface area contributed by atoms with Crippen LogP contribution in [0.4, 0.5) is 10.1 Å². The number of imidazole rings is 1. The fraction of sp³-hybridized carbons (Fsp3) is 0.333. The number of anilines is 1. The van der Waals surface area contributed by atoms with Gasteiger partial charge in [-0.2, -0.15) is 4.31 Å². The van der Waals surface area contributed by atoms with Crippen LogP contribution in [0.15, 0.2) is 41.8 Å². The monoisotopic (exact) mass is 367 g/mol. The number of nitrogens with zero attached hydrogens (tertiary/aromatic N) is 3. The molecule has 0 atom stereocenters.